The van der Waals surface area contributed by atoms with E-state index in [0.29, 0.717) is 18.1 Å². The summed E-state index contributed by atoms with van der Waals surface area (Å²) < 4.78 is 4.43. The van der Waals surface area contributed by atoms with Crippen LogP contribution in [-0.2, 0) is 9.53 Å². The number of likely N-dealkylation sites (N-methyl/N-ethyl adjacent to an activating group) is 1. The molecular weight excluding hydrogens is 246 g/mol. The fourth-order valence-corrected chi connectivity index (χ4v) is 3.21. The Hall–Kier alpha value is -1.14. The van der Waals surface area contributed by atoms with Crippen molar-refractivity contribution in [3.63, 3.8) is 0 Å². The maximum atomic E-state index is 11.7. The minimum Gasteiger partial charge on any atom is -0.453 e. The van der Waals surface area contributed by atoms with E-state index < -0.39 is 6.09 Å². The molecule has 2 aliphatic rings. The number of hydrogen-bond donors (Lipinski definition) is 2. The van der Waals surface area contributed by atoms with Crippen molar-refractivity contribution in [2.24, 2.45) is 0 Å². The number of nitrogens with zero attached hydrogens (tertiary/aromatic N) is 1. The van der Waals surface area contributed by atoms with Crippen LogP contribution < -0.4 is 10.6 Å². The summed E-state index contributed by atoms with van der Waals surface area (Å²) in [5.41, 5.74) is 0. The molecule has 2 atom stereocenters. The maximum absolute atomic E-state index is 11.7. The molecule has 19 heavy (non-hydrogen) atoms. The van der Waals surface area contributed by atoms with Crippen LogP contribution in [0.4, 0.5) is 4.79 Å². The van der Waals surface area contributed by atoms with Crippen LogP contribution in [-0.4, -0.2) is 55.2 Å². The lowest BCUT2D eigenvalue weighted by atomic mass is 9.98. The lowest BCUT2D eigenvalue weighted by molar-refractivity contribution is -0.122. The van der Waals surface area contributed by atoms with Crippen LogP contribution in [0.3, 0.4) is 0 Å². The van der Waals surface area contributed by atoms with E-state index >= 15 is 0 Å². The first-order valence-corrected chi connectivity index (χ1v) is 7.00. The highest BCUT2D eigenvalue weighted by Gasteiger charge is 2.36. The SMILES string of the molecule is CCN(CC(=O)NC(=O)OC)C1CC2CCC(C1)N2. The van der Waals surface area contributed by atoms with Gasteiger partial charge in [0.25, 0.3) is 0 Å². The molecule has 2 heterocycles. The van der Waals surface area contributed by atoms with Crippen molar-refractivity contribution in [3.05, 3.63) is 0 Å². The van der Waals surface area contributed by atoms with E-state index in [0.717, 1.165) is 19.4 Å². The molecule has 2 rings (SSSR count). The van der Waals surface area contributed by atoms with Gasteiger partial charge in [0.15, 0.2) is 0 Å². The molecule has 2 bridgehead atoms. The Morgan fingerprint density at radius 3 is 2.47 bits per heavy atom. The van der Waals surface area contributed by atoms with Crippen molar-refractivity contribution < 1.29 is 14.3 Å². The lowest BCUT2D eigenvalue weighted by Gasteiger charge is -2.36. The van der Waals surface area contributed by atoms with E-state index in [4.69, 9.17) is 0 Å². The van der Waals surface area contributed by atoms with Crippen molar-refractivity contribution in [1.82, 2.24) is 15.5 Å². The number of fused-ring (bicyclic) bond motifs is 2. The monoisotopic (exact) mass is 269 g/mol. The van der Waals surface area contributed by atoms with Gasteiger partial charge in [-0.05, 0) is 32.2 Å². The van der Waals surface area contributed by atoms with Crippen LogP contribution in [0.2, 0.25) is 0 Å². The number of alkyl carbamates (subject to hydrolysis) is 1. The van der Waals surface area contributed by atoms with Crippen LogP contribution in [0.25, 0.3) is 0 Å². The smallest absolute Gasteiger partial charge is 0.413 e. The summed E-state index contributed by atoms with van der Waals surface area (Å²) >= 11 is 0. The highest BCUT2D eigenvalue weighted by molar-refractivity contribution is 5.92. The Morgan fingerprint density at radius 1 is 1.32 bits per heavy atom. The number of carbonyl (C=O) groups is 2. The van der Waals surface area contributed by atoms with Gasteiger partial charge in [-0.2, -0.15) is 0 Å². The van der Waals surface area contributed by atoms with Gasteiger partial charge in [-0.1, -0.05) is 6.92 Å². The molecule has 2 aliphatic heterocycles. The van der Waals surface area contributed by atoms with Gasteiger partial charge in [-0.3, -0.25) is 15.0 Å². The van der Waals surface area contributed by atoms with Crippen molar-refractivity contribution in [2.45, 2.75) is 50.7 Å². The van der Waals surface area contributed by atoms with Gasteiger partial charge >= 0.3 is 6.09 Å². The summed E-state index contributed by atoms with van der Waals surface area (Å²) in [6.07, 6.45) is 3.98. The Balaban J connectivity index is 1.86. The molecule has 0 aromatic rings. The first-order chi connectivity index (χ1) is 9.12. The van der Waals surface area contributed by atoms with Crippen molar-refractivity contribution in [1.29, 1.82) is 0 Å². The second kappa shape index (κ2) is 6.34. The average molecular weight is 269 g/mol. The zero-order valence-electron chi connectivity index (χ0n) is 11.6. The number of carbonyl (C=O) groups excluding carboxylic acids is 2. The van der Waals surface area contributed by atoms with Crippen molar-refractivity contribution >= 4 is 12.0 Å². The fraction of sp³-hybridized carbons (Fsp3) is 0.846. The van der Waals surface area contributed by atoms with Crippen LogP contribution in [0.5, 0.6) is 0 Å². The molecule has 2 saturated heterocycles. The maximum Gasteiger partial charge on any atom is 0.413 e. The molecule has 0 spiro atoms. The molecule has 2 unspecified atom stereocenters. The van der Waals surface area contributed by atoms with E-state index in [2.05, 4.69) is 27.2 Å². The van der Waals surface area contributed by atoms with Gasteiger partial charge in [0.2, 0.25) is 5.91 Å². The largest absolute Gasteiger partial charge is 0.453 e. The third-order valence-corrected chi connectivity index (χ3v) is 4.14. The first-order valence-electron chi connectivity index (χ1n) is 7.00. The van der Waals surface area contributed by atoms with Gasteiger partial charge in [0.05, 0.1) is 13.7 Å². The van der Waals surface area contributed by atoms with E-state index in [9.17, 15) is 9.59 Å². The summed E-state index contributed by atoms with van der Waals surface area (Å²) in [6, 6.07) is 1.63. The summed E-state index contributed by atoms with van der Waals surface area (Å²) in [7, 11) is 1.25. The van der Waals surface area contributed by atoms with Crippen LogP contribution in [0.15, 0.2) is 0 Å². The van der Waals surface area contributed by atoms with Gasteiger partial charge in [-0.15, -0.1) is 0 Å². The molecule has 0 saturated carbocycles. The second-order valence-corrected chi connectivity index (χ2v) is 5.37. The molecule has 2 amide bonds. The van der Waals surface area contributed by atoms with Crippen molar-refractivity contribution in [3.8, 4) is 0 Å². The fourth-order valence-electron chi connectivity index (χ4n) is 3.21. The molecule has 108 valence electrons. The third-order valence-electron chi connectivity index (χ3n) is 4.14. The van der Waals surface area contributed by atoms with E-state index in [1.54, 1.807) is 0 Å². The average Bonchev–Trinajstić information content (AvgIpc) is 2.74. The number of methoxy groups -OCH3 is 1. The predicted molar refractivity (Wildman–Crippen MR) is 70.8 cm³/mol. The highest BCUT2D eigenvalue weighted by Crippen LogP contribution is 2.29. The number of hydrogen-bond acceptors (Lipinski definition) is 5. The quantitative estimate of drug-likeness (QED) is 0.776. The molecular formula is C13H23N3O3. The highest BCUT2D eigenvalue weighted by atomic mass is 16.5. The molecule has 0 aromatic heterocycles. The van der Waals surface area contributed by atoms with Crippen molar-refractivity contribution in [2.75, 3.05) is 20.2 Å². The lowest BCUT2D eigenvalue weighted by Crippen LogP contribution is -2.51. The molecule has 0 aromatic carbocycles. The van der Waals surface area contributed by atoms with Crippen LogP contribution in [0.1, 0.15) is 32.6 Å². The van der Waals surface area contributed by atoms with Crippen LogP contribution in [0, 0.1) is 0 Å². The van der Waals surface area contributed by atoms with Gasteiger partial charge < -0.3 is 10.1 Å². The number of piperidine rings is 1. The van der Waals surface area contributed by atoms with Crippen LogP contribution >= 0.6 is 0 Å². The Bertz CT molecular complexity index is 336. The number of amides is 2. The Morgan fingerprint density at radius 2 is 1.95 bits per heavy atom. The normalized spacial score (nSPS) is 29.3. The summed E-state index contributed by atoms with van der Waals surface area (Å²) in [5, 5.41) is 5.81. The topological polar surface area (TPSA) is 70.7 Å². The molecule has 0 radical (unpaired) electrons. The Labute approximate surface area is 113 Å². The van der Waals surface area contributed by atoms with Gasteiger partial charge in [-0.25, -0.2) is 4.79 Å². The minimum atomic E-state index is -0.688. The van der Waals surface area contributed by atoms with E-state index in [1.807, 2.05) is 0 Å². The number of nitrogens with one attached hydrogen (secondary N) is 2. The third kappa shape index (κ3) is 3.67. The van der Waals surface area contributed by atoms with Gasteiger partial charge in [0.1, 0.15) is 0 Å². The molecule has 2 fully saturated rings. The molecule has 6 heteroatoms. The summed E-state index contributed by atoms with van der Waals surface area (Å²) in [4.78, 5) is 24.9. The number of imide groups is 1. The minimum absolute atomic E-state index is 0.260. The molecule has 6 nitrogen and oxygen atoms in total. The number of rotatable bonds is 4. The zero-order chi connectivity index (χ0) is 13.8. The predicted octanol–water partition coefficient (Wildman–Crippen LogP) is 0.474. The number of ether oxygens (including phenoxy) is 1. The second-order valence-electron chi connectivity index (χ2n) is 5.37. The van der Waals surface area contributed by atoms with E-state index in [1.165, 1.54) is 20.0 Å². The first kappa shape index (κ1) is 14.3. The zero-order valence-corrected chi connectivity index (χ0v) is 11.6. The van der Waals surface area contributed by atoms with Gasteiger partial charge in [0, 0.05) is 18.1 Å². The Kier molecular flexibility index (Phi) is 4.76. The molecule has 0 aliphatic carbocycles. The molecule has 2 N–H and O–H groups in total. The summed E-state index contributed by atoms with van der Waals surface area (Å²) in [5.74, 6) is -0.292. The standard InChI is InChI=1S/C13H23N3O3/c1-3-16(8-12(17)15-13(18)19-2)11-6-9-4-5-10(7-11)14-9/h9-11,14H,3-8H2,1-2H3,(H,15,17,18). The summed E-state index contributed by atoms with van der Waals surface area (Å²) in [6.45, 7) is 3.13. The van der Waals surface area contributed by atoms with E-state index in [-0.39, 0.29) is 12.5 Å².